The van der Waals surface area contributed by atoms with Crippen LogP contribution in [0, 0.1) is 17.3 Å². The van der Waals surface area contributed by atoms with Gasteiger partial charge in [-0.15, -0.1) is 0 Å². The maximum Gasteiger partial charge on any atom is 0.134 e. The Hall–Kier alpha value is -0.860. The standard InChI is InChI=1S/C8H12O3/c1-4(9)5-6(7(10)11)8(5,2)3/h5-6H,1-3H3,(H,10,11)/p-1/t5-,6?/m1/s1. The third-order valence-corrected chi connectivity index (χ3v) is 2.52. The van der Waals surface area contributed by atoms with Crippen LogP contribution in [0.2, 0.25) is 0 Å². The van der Waals surface area contributed by atoms with Gasteiger partial charge in [0.15, 0.2) is 0 Å². The van der Waals surface area contributed by atoms with E-state index in [9.17, 15) is 14.7 Å². The summed E-state index contributed by atoms with van der Waals surface area (Å²) in [5.41, 5.74) is -0.384. The minimum Gasteiger partial charge on any atom is -0.550 e. The summed E-state index contributed by atoms with van der Waals surface area (Å²) in [6.45, 7) is 4.98. The van der Waals surface area contributed by atoms with Crippen molar-refractivity contribution in [2.45, 2.75) is 20.8 Å². The fourth-order valence-electron chi connectivity index (χ4n) is 1.84. The lowest BCUT2D eigenvalue weighted by atomic mass is 10.1. The van der Waals surface area contributed by atoms with Gasteiger partial charge in [-0.25, -0.2) is 0 Å². The lowest BCUT2D eigenvalue weighted by molar-refractivity contribution is -0.309. The van der Waals surface area contributed by atoms with E-state index in [0.717, 1.165) is 0 Å². The highest BCUT2D eigenvalue weighted by Crippen LogP contribution is 2.58. The number of carboxylic acid groups (broad SMARTS) is 1. The van der Waals surface area contributed by atoms with Crippen LogP contribution in [0.25, 0.3) is 0 Å². The molecule has 1 aliphatic rings. The summed E-state index contributed by atoms with van der Waals surface area (Å²) in [5, 5.41) is 10.4. The van der Waals surface area contributed by atoms with Crippen molar-refractivity contribution in [3.8, 4) is 0 Å². The molecule has 3 nitrogen and oxygen atoms in total. The molecule has 3 heteroatoms. The topological polar surface area (TPSA) is 57.2 Å². The van der Waals surface area contributed by atoms with E-state index >= 15 is 0 Å². The second-order valence-corrected chi connectivity index (χ2v) is 3.71. The Balaban J connectivity index is 2.76. The number of carboxylic acids is 1. The average molecular weight is 155 g/mol. The third-order valence-electron chi connectivity index (χ3n) is 2.52. The van der Waals surface area contributed by atoms with Crippen LogP contribution < -0.4 is 5.11 Å². The molecule has 1 aliphatic carbocycles. The first-order chi connectivity index (χ1) is 4.89. The first kappa shape index (κ1) is 8.24. The number of Topliss-reactive ketones (excluding diaryl/α,β-unsaturated/α-hetero) is 1. The van der Waals surface area contributed by atoms with Crippen molar-refractivity contribution in [1.29, 1.82) is 0 Å². The number of hydrogen-bond acceptors (Lipinski definition) is 3. The van der Waals surface area contributed by atoms with E-state index < -0.39 is 11.9 Å². The monoisotopic (exact) mass is 155 g/mol. The molecule has 0 bridgehead atoms. The number of aliphatic carboxylic acids is 1. The number of carbonyl (C=O) groups is 2. The minimum atomic E-state index is -1.10. The Labute approximate surface area is 65.4 Å². The second kappa shape index (κ2) is 2.06. The Kier molecular flexibility index (Phi) is 1.54. The molecule has 0 spiro atoms. The van der Waals surface area contributed by atoms with Crippen molar-refractivity contribution in [2.24, 2.45) is 17.3 Å². The minimum absolute atomic E-state index is 0.0517. The predicted molar refractivity (Wildman–Crippen MR) is 36.4 cm³/mol. The zero-order valence-corrected chi connectivity index (χ0v) is 6.88. The van der Waals surface area contributed by atoms with Gasteiger partial charge in [-0.05, 0) is 12.3 Å². The van der Waals surface area contributed by atoms with Gasteiger partial charge in [0.05, 0.1) is 0 Å². The molecule has 0 aromatic carbocycles. The summed E-state index contributed by atoms with van der Waals surface area (Å²) in [6, 6.07) is 0. The Morgan fingerprint density at radius 2 is 1.73 bits per heavy atom. The first-order valence-electron chi connectivity index (χ1n) is 3.60. The Bertz CT molecular complexity index is 195. The highest BCUT2D eigenvalue weighted by Gasteiger charge is 2.60. The third kappa shape index (κ3) is 1.04. The fourth-order valence-corrected chi connectivity index (χ4v) is 1.84. The molecule has 2 atom stereocenters. The Morgan fingerprint density at radius 1 is 1.27 bits per heavy atom. The van der Waals surface area contributed by atoms with Crippen molar-refractivity contribution in [3.05, 3.63) is 0 Å². The second-order valence-electron chi connectivity index (χ2n) is 3.71. The van der Waals surface area contributed by atoms with Crippen LogP contribution in [0.4, 0.5) is 0 Å². The van der Waals surface area contributed by atoms with Crippen LogP contribution in [0.5, 0.6) is 0 Å². The smallest absolute Gasteiger partial charge is 0.134 e. The van der Waals surface area contributed by atoms with Crippen molar-refractivity contribution >= 4 is 11.8 Å². The SMILES string of the molecule is CC(=O)[C@@H]1C(C(=O)[O-])C1(C)C. The number of carbonyl (C=O) groups excluding carboxylic acids is 2. The lowest BCUT2D eigenvalue weighted by Crippen LogP contribution is -2.26. The number of ketones is 1. The molecule has 0 N–H and O–H groups in total. The molecule has 0 aromatic rings. The molecule has 0 amide bonds. The van der Waals surface area contributed by atoms with Crippen molar-refractivity contribution in [1.82, 2.24) is 0 Å². The zero-order chi connectivity index (χ0) is 8.81. The van der Waals surface area contributed by atoms with E-state index in [4.69, 9.17) is 0 Å². The van der Waals surface area contributed by atoms with E-state index in [0.29, 0.717) is 0 Å². The summed E-state index contributed by atoms with van der Waals surface area (Å²) in [7, 11) is 0. The summed E-state index contributed by atoms with van der Waals surface area (Å²) in [6.07, 6.45) is 0. The van der Waals surface area contributed by atoms with E-state index in [2.05, 4.69) is 0 Å². The van der Waals surface area contributed by atoms with E-state index in [1.165, 1.54) is 6.92 Å². The van der Waals surface area contributed by atoms with E-state index in [1.54, 1.807) is 13.8 Å². The molecule has 0 aliphatic heterocycles. The highest BCUT2D eigenvalue weighted by atomic mass is 16.4. The summed E-state index contributed by atoms with van der Waals surface area (Å²) < 4.78 is 0. The molecule has 0 heterocycles. The Morgan fingerprint density at radius 3 is 1.82 bits per heavy atom. The van der Waals surface area contributed by atoms with Gasteiger partial charge in [0, 0.05) is 17.8 Å². The quantitative estimate of drug-likeness (QED) is 0.545. The maximum atomic E-state index is 10.8. The van der Waals surface area contributed by atoms with Crippen LogP contribution in [0.15, 0.2) is 0 Å². The highest BCUT2D eigenvalue weighted by molar-refractivity contribution is 5.90. The molecule has 11 heavy (non-hydrogen) atoms. The van der Waals surface area contributed by atoms with Crippen LogP contribution in [-0.2, 0) is 9.59 Å². The number of rotatable bonds is 2. The molecule has 1 rings (SSSR count). The van der Waals surface area contributed by atoms with E-state index in [1.807, 2.05) is 0 Å². The largest absolute Gasteiger partial charge is 0.550 e. The van der Waals surface area contributed by atoms with E-state index in [-0.39, 0.29) is 17.1 Å². The molecular weight excluding hydrogens is 144 g/mol. The van der Waals surface area contributed by atoms with Gasteiger partial charge in [-0.3, -0.25) is 4.79 Å². The van der Waals surface area contributed by atoms with Gasteiger partial charge >= 0.3 is 0 Å². The van der Waals surface area contributed by atoms with Gasteiger partial charge < -0.3 is 9.90 Å². The molecule has 62 valence electrons. The molecule has 0 aromatic heterocycles. The van der Waals surface area contributed by atoms with Crippen LogP contribution in [-0.4, -0.2) is 11.8 Å². The van der Waals surface area contributed by atoms with Crippen molar-refractivity contribution in [3.63, 3.8) is 0 Å². The normalized spacial score (nSPS) is 33.0. The van der Waals surface area contributed by atoms with Gasteiger partial charge in [-0.1, -0.05) is 13.8 Å². The molecular formula is C8H11O3-. The average Bonchev–Trinajstić information content (AvgIpc) is 2.33. The lowest BCUT2D eigenvalue weighted by Gasteiger charge is -2.01. The summed E-state index contributed by atoms with van der Waals surface area (Å²) >= 11 is 0. The summed E-state index contributed by atoms with van der Waals surface area (Å²) in [4.78, 5) is 21.3. The van der Waals surface area contributed by atoms with Gasteiger partial charge in [0.2, 0.25) is 0 Å². The van der Waals surface area contributed by atoms with Gasteiger partial charge in [0.25, 0.3) is 0 Å². The molecule has 0 saturated heterocycles. The fraction of sp³-hybridized carbons (Fsp3) is 0.750. The van der Waals surface area contributed by atoms with Crippen molar-refractivity contribution in [2.75, 3.05) is 0 Å². The molecule has 1 unspecified atom stereocenters. The van der Waals surface area contributed by atoms with Crippen LogP contribution in [0.3, 0.4) is 0 Å². The maximum absolute atomic E-state index is 10.8. The zero-order valence-electron chi connectivity index (χ0n) is 6.88. The van der Waals surface area contributed by atoms with Gasteiger partial charge in [-0.2, -0.15) is 0 Å². The predicted octanol–water partition coefficient (Wildman–Crippen LogP) is -0.403. The number of hydrogen-bond donors (Lipinski definition) is 0. The van der Waals surface area contributed by atoms with Crippen LogP contribution in [0.1, 0.15) is 20.8 Å². The van der Waals surface area contributed by atoms with Crippen molar-refractivity contribution < 1.29 is 14.7 Å². The molecule has 0 radical (unpaired) electrons. The first-order valence-corrected chi connectivity index (χ1v) is 3.60. The summed E-state index contributed by atoms with van der Waals surface area (Å²) in [5.74, 6) is -2.05. The molecule has 1 saturated carbocycles. The van der Waals surface area contributed by atoms with Gasteiger partial charge in [0.1, 0.15) is 5.78 Å². The molecule has 1 fully saturated rings. The van der Waals surface area contributed by atoms with Crippen LogP contribution >= 0.6 is 0 Å².